The number of alkyl halides is 2. The Balaban J connectivity index is 1.89. The van der Waals surface area contributed by atoms with E-state index in [0.717, 1.165) is 25.9 Å². The zero-order valence-electron chi connectivity index (χ0n) is 9.26. The van der Waals surface area contributed by atoms with Crippen LogP contribution in [0.25, 0.3) is 0 Å². The van der Waals surface area contributed by atoms with Crippen molar-refractivity contribution in [1.82, 2.24) is 5.32 Å². The third-order valence-electron chi connectivity index (χ3n) is 4.03. The van der Waals surface area contributed by atoms with Gasteiger partial charge in [-0.05, 0) is 24.4 Å². The first kappa shape index (κ1) is 10.2. The molecule has 0 unspecified atom stereocenters. The highest BCUT2D eigenvalue weighted by Crippen LogP contribution is 2.56. The van der Waals surface area contributed by atoms with Gasteiger partial charge in [0.2, 0.25) is 0 Å². The van der Waals surface area contributed by atoms with Gasteiger partial charge >= 0.3 is 0 Å². The third-order valence-corrected chi connectivity index (χ3v) is 4.03. The second kappa shape index (κ2) is 3.04. The lowest BCUT2D eigenvalue weighted by atomic mass is 9.93. The maximum Gasteiger partial charge on any atom is 0.270 e. The molecular formula is C13H15F2N. The SMILES string of the molecule is CC(F)(F)c1ccc([C@@]23CNC[C@@H]2C3)cc1. The van der Waals surface area contributed by atoms with Crippen LogP contribution in [0.2, 0.25) is 0 Å². The summed E-state index contributed by atoms with van der Waals surface area (Å²) in [6, 6.07) is 6.88. The Morgan fingerprint density at radius 3 is 2.44 bits per heavy atom. The van der Waals surface area contributed by atoms with Crippen molar-refractivity contribution < 1.29 is 8.78 Å². The van der Waals surface area contributed by atoms with E-state index in [1.807, 2.05) is 12.1 Å². The second-order valence-corrected chi connectivity index (χ2v) is 5.15. The van der Waals surface area contributed by atoms with E-state index in [9.17, 15) is 8.78 Å². The smallest absolute Gasteiger partial charge is 0.270 e. The van der Waals surface area contributed by atoms with Crippen LogP contribution in [0.3, 0.4) is 0 Å². The molecule has 2 fully saturated rings. The highest BCUT2D eigenvalue weighted by molar-refractivity contribution is 5.39. The van der Waals surface area contributed by atoms with Gasteiger partial charge in [0.25, 0.3) is 5.92 Å². The zero-order valence-corrected chi connectivity index (χ0v) is 9.26. The van der Waals surface area contributed by atoms with Crippen LogP contribution in [0, 0.1) is 5.92 Å². The first-order valence-electron chi connectivity index (χ1n) is 5.72. The summed E-state index contributed by atoms with van der Waals surface area (Å²) < 4.78 is 26.1. The number of fused-ring (bicyclic) bond motifs is 1. The van der Waals surface area contributed by atoms with E-state index < -0.39 is 5.92 Å². The van der Waals surface area contributed by atoms with Gasteiger partial charge in [-0.25, -0.2) is 8.78 Å². The largest absolute Gasteiger partial charge is 0.316 e. The molecule has 0 bridgehead atoms. The fourth-order valence-corrected chi connectivity index (χ4v) is 2.88. The van der Waals surface area contributed by atoms with E-state index in [1.54, 1.807) is 12.1 Å². The average molecular weight is 223 g/mol. The number of hydrogen-bond donors (Lipinski definition) is 1. The molecule has 0 amide bonds. The average Bonchev–Trinajstić information content (AvgIpc) is 2.81. The van der Waals surface area contributed by atoms with E-state index >= 15 is 0 Å². The first-order valence-corrected chi connectivity index (χ1v) is 5.72. The van der Waals surface area contributed by atoms with Crippen LogP contribution in [0.1, 0.15) is 24.5 Å². The molecule has 1 saturated heterocycles. The van der Waals surface area contributed by atoms with Gasteiger partial charge in [0.1, 0.15) is 0 Å². The monoisotopic (exact) mass is 223 g/mol. The minimum absolute atomic E-state index is 0.107. The highest BCUT2D eigenvalue weighted by Gasteiger charge is 2.57. The molecule has 1 aromatic carbocycles. The topological polar surface area (TPSA) is 12.0 Å². The molecule has 1 heterocycles. The summed E-state index contributed by atoms with van der Waals surface area (Å²) >= 11 is 0. The van der Waals surface area contributed by atoms with Gasteiger partial charge in [0.15, 0.2) is 0 Å². The Labute approximate surface area is 93.9 Å². The predicted molar refractivity (Wildman–Crippen MR) is 58.7 cm³/mol. The lowest BCUT2D eigenvalue weighted by Gasteiger charge is -2.15. The predicted octanol–water partition coefficient (Wildman–Crippen LogP) is 2.66. The first-order chi connectivity index (χ1) is 7.52. The minimum Gasteiger partial charge on any atom is -0.316 e. The second-order valence-electron chi connectivity index (χ2n) is 5.15. The lowest BCUT2D eigenvalue weighted by Crippen LogP contribution is -2.19. The van der Waals surface area contributed by atoms with Gasteiger partial charge < -0.3 is 5.32 Å². The van der Waals surface area contributed by atoms with Gasteiger partial charge in [-0.2, -0.15) is 0 Å². The van der Waals surface area contributed by atoms with E-state index in [1.165, 1.54) is 12.0 Å². The van der Waals surface area contributed by atoms with E-state index in [4.69, 9.17) is 0 Å². The van der Waals surface area contributed by atoms with Crippen LogP contribution < -0.4 is 5.32 Å². The molecule has 1 aromatic rings. The minimum atomic E-state index is -2.73. The van der Waals surface area contributed by atoms with Crippen molar-refractivity contribution in [3.63, 3.8) is 0 Å². The van der Waals surface area contributed by atoms with Gasteiger partial charge in [-0.3, -0.25) is 0 Å². The summed E-state index contributed by atoms with van der Waals surface area (Å²) in [6.45, 7) is 3.02. The van der Waals surface area contributed by atoms with Crippen molar-refractivity contribution in [1.29, 1.82) is 0 Å². The maximum atomic E-state index is 13.1. The van der Waals surface area contributed by atoms with Crippen molar-refractivity contribution in [3.8, 4) is 0 Å². The summed E-state index contributed by atoms with van der Waals surface area (Å²) in [5, 5.41) is 3.36. The molecule has 0 spiro atoms. The third kappa shape index (κ3) is 1.38. The van der Waals surface area contributed by atoms with Crippen molar-refractivity contribution in [2.45, 2.75) is 24.7 Å². The molecule has 3 rings (SSSR count). The van der Waals surface area contributed by atoms with Crippen LogP contribution in [0.4, 0.5) is 8.78 Å². The van der Waals surface area contributed by atoms with E-state index in [0.29, 0.717) is 0 Å². The molecule has 1 aliphatic heterocycles. The zero-order chi connectivity index (χ0) is 11.4. The molecule has 0 radical (unpaired) electrons. The standard InChI is InChI=1S/C13H15F2N/c1-12(14,15)9-2-4-10(5-3-9)13-6-11(13)7-16-8-13/h2-5,11,16H,6-8H2,1H3/t11-,13+/m0/s1. The summed E-state index contributed by atoms with van der Waals surface area (Å²) in [5.41, 5.74) is 1.59. The summed E-state index contributed by atoms with van der Waals surface area (Å²) in [6.07, 6.45) is 1.21. The van der Waals surface area contributed by atoms with Crippen LogP contribution >= 0.6 is 0 Å². The molecule has 86 valence electrons. The van der Waals surface area contributed by atoms with Gasteiger partial charge in [0.05, 0.1) is 0 Å². The quantitative estimate of drug-likeness (QED) is 0.812. The van der Waals surface area contributed by atoms with E-state index in [2.05, 4.69) is 5.32 Å². The van der Waals surface area contributed by atoms with Crippen molar-refractivity contribution >= 4 is 0 Å². The summed E-state index contributed by atoms with van der Waals surface area (Å²) in [5.74, 6) is -2.01. The van der Waals surface area contributed by atoms with Crippen molar-refractivity contribution in [2.75, 3.05) is 13.1 Å². The Hall–Kier alpha value is -0.960. The Bertz CT molecular complexity index is 407. The number of rotatable bonds is 2. The van der Waals surface area contributed by atoms with Crippen LogP contribution in [0.15, 0.2) is 24.3 Å². The van der Waals surface area contributed by atoms with E-state index in [-0.39, 0.29) is 11.0 Å². The molecule has 1 saturated carbocycles. The molecule has 3 heteroatoms. The Kier molecular flexibility index (Phi) is 1.94. The molecule has 1 N–H and O–H groups in total. The fraction of sp³-hybridized carbons (Fsp3) is 0.538. The fourth-order valence-electron chi connectivity index (χ4n) is 2.88. The molecular weight excluding hydrogens is 208 g/mol. The Morgan fingerprint density at radius 2 is 2.00 bits per heavy atom. The molecule has 1 aliphatic carbocycles. The van der Waals surface area contributed by atoms with Gasteiger partial charge in [0, 0.05) is 24.4 Å². The van der Waals surface area contributed by atoms with Crippen LogP contribution in [0.5, 0.6) is 0 Å². The lowest BCUT2D eigenvalue weighted by molar-refractivity contribution is 0.0174. The molecule has 0 aromatic heterocycles. The molecule has 2 atom stereocenters. The van der Waals surface area contributed by atoms with Crippen LogP contribution in [-0.2, 0) is 11.3 Å². The molecule has 2 aliphatic rings. The summed E-state index contributed by atoms with van der Waals surface area (Å²) in [4.78, 5) is 0. The molecule has 16 heavy (non-hydrogen) atoms. The number of nitrogens with one attached hydrogen (secondary N) is 1. The highest BCUT2D eigenvalue weighted by atomic mass is 19.3. The van der Waals surface area contributed by atoms with Gasteiger partial charge in [-0.1, -0.05) is 24.3 Å². The molecule has 1 nitrogen and oxygen atoms in total. The van der Waals surface area contributed by atoms with Gasteiger partial charge in [-0.15, -0.1) is 0 Å². The Morgan fingerprint density at radius 1 is 1.31 bits per heavy atom. The number of hydrogen-bond acceptors (Lipinski definition) is 1. The number of benzene rings is 1. The number of halogens is 2. The normalized spacial score (nSPS) is 32.6. The number of piperidine rings is 1. The van der Waals surface area contributed by atoms with Crippen LogP contribution in [-0.4, -0.2) is 13.1 Å². The van der Waals surface area contributed by atoms with Crippen molar-refractivity contribution in [3.05, 3.63) is 35.4 Å². The summed E-state index contributed by atoms with van der Waals surface area (Å²) in [7, 11) is 0. The van der Waals surface area contributed by atoms with Crippen molar-refractivity contribution in [2.24, 2.45) is 5.92 Å². The maximum absolute atomic E-state index is 13.1.